The molecule has 0 bridgehead atoms. The zero-order valence-electron chi connectivity index (χ0n) is 27.4. The molecular formula is C34H42F3N7O3. The Morgan fingerprint density at radius 1 is 1.11 bits per heavy atom. The number of alkyl halides is 3. The lowest BCUT2D eigenvalue weighted by Crippen LogP contribution is -2.51. The monoisotopic (exact) mass is 653 g/mol. The topological polar surface area (TPSA) is 125 Å². The van der Waals surface area contributed by atoms with Crippen molar-refractivity contribution in [3.63, 3.8) is 0 Å². The van der Waals surface area contributed by atoms with Crippen LogP contribution in [0.2, 0.25) is 0 Å². The SMILES string of the molecule is CC(C)C1CCC2(CC1)N=C(c1cccc(OC(F)(F)F)c1)C(=O)N2C(CCC(C)(C)C)c1ccc(C(=O)NCc2nn[nH]n2)cc1. The number of halogens is 3. The molecule has 2 aromatic carbocycles. The van der Waals surface area contributed by atoms with E-state index >= 15 is 0 Å². The summed E-state index contributed by atoms with van der Waals surface area (Å²) in [7, 11) is 0. The zero-order chi connectivity index (χ0) is 34.0. The number of aromatic amines is 1. The molecule has 2 heterocycles. The third kappa shape index (κ3) is 8.17. The van der Waals surface area contributed by atoms with Crippen LogP contribution < -0.4 is 10.1 Å². The van der Waals surface area contributed by atoms with Gasteiger partial charge in [0.15, 0.2) is 5.82 Å². The maximum Gasteiger partial charge on any atom is 0.573 e. The average molecular weight is 654 g/mol. The molecule has 2 amide bonds. The molecule has 2 N–H and O–H groups in total. The predicted molar refractivity (Wildman–Crippen MR) is 169 cm³/mol. The van der Waals surface area contributed by atoms with Crippen molar-refractivity contribution in [2.45, 2.75) is 97.8 Å². The number of nitrogens with zero attached hydrogens (tertiary/aromatic N) is 5. The number of ether oxygens (including phenoxy) is 1. The average Bonchev–Trinajstić information content (AvgIpc) is 3.62. The molecular weight excluding hydrogens is 611 g/mol. The second-order valence-electron chi connectivity index (χ2n) is 14.0. The number of tetrazole rings is 1. The highest BCUT2D eigenvalue weighted by Crippen LogP contribution is 2.48. The minimum Gasteiger partial charge on any atom is -0.406 e. The van der Waals surface area contributed by atoms with E-state index < -0.39 is 17.8 Å². The third-order valence-electron chi connectivity index (χ3n) is 9.14. The van der Waals surface area contributed by atoms with E-state index in [-0.39, 0.29) is 41.1 Å². The number of aliphatic imine (C=N–C) groups is 1. The number of H-pyrrole nitrogens is 1. The number of amides is 2. The Bertz CT molecular complexity index is 1570. The number of rotatable bonds is 10. The molecule has 10 nitrogen and oxygen atoms in total. The Morgan fingerprint density at radius 2 is 1.81 bits per heavy atom. The van der Waals surface area contributed by atoms with E-state index in [1.54, 1.807) is 18.2 Å². The summed E-state index contributed by atoms with van der Waals surface area (Å²) in [4.78, 5) is 34.4. The van der Waals surface area contributed by atoms with Crippen LogP contribution in [0.3, 0.4) is 0 Å². The first-order valence-electron chi connectivity index (χ1n) is 16.0. The Kier molecular flexibility index (Phi) is 9.74. The number of benzene rings is 2. The summed E-state index contributed by atoms with van der Waals surface area (Å²) in [5.74, 6) is 0.289. The Morgan fingerprint density at radius 3 is 2.40 bits per heavy atom. The number of aromatic nitrogens is 4. The molecule has 13 heteroatoms. The number of nitrogens with one attached hydrogen (secondary N) is 2. The normalized spacial score (nSPS) is 20.9. The second kappa shape index (κ2) is 13.4. The van der Waals surface area contributed by atoms with E-state index in [4.69, 9.17) is 4.99 Å². The van der Waals surface area contributed by atoms with E-state index in [9.17, 15) is 22.8 Å². The molecule has 1 aliphatic heterocycles. The van der Waals surface area contributed by atoms with Gasteiger partial charge >= 0.3 is 6.36 Å². The van der Waals surface area contributed by atoms with Crippen LogP contribution in [0.15, 0.2) is 53.5 Å². The molecule has 1 spiro atoms. The van der Waals surface area contributed by atoms with Crippen LogP contribution in [0.1, 0.15) is 106 Å². The number of hydrogen-bond donors (Lipinski definition) is 2. The minimum atomic E-state index is -4.86. The second-order valence-corrected chi connectivity index (χ2v) is 14.0. The highest BCUT2D eigenvalue weighted by Gasteiger charge is 2.52. The van der Waals surface area contributed by atoms with Gasteiger partial charge < -0.3 is 15.0 Å². The van der Waals surface area contributed by atoms with Crippen molar-refractivity contribution in [3.8, 4) is 5.75 Å². The fourth-order valence-electron chi connectivity index (χ4n) is 6.58. The van der Waals surface area contributed by atoms with Crippen molar-refractivity contribution in [2.75, 3.05) is 0 Å². The quantitative estimate of drug-likeness (QED) is 0.249. The molecule has 47 heavy (non-hydrogen) atoms. The van der Waals surface area contributed by atoms with Crippen LogP contribution in [-0.2, 0) is 11.3 Å². The minimum absolute atomic E-state index is 0.0363. The highest BCUT2D eigenvalue weighted by atomic mass is 19.4. The lowest BCUT2D eigenvalue weighted by molar-refractivity contribution is -0.274. The van der Waals surface area contributed by atoms with Crippen LogP contribution in [0.4, 0.5) is 13.2 Å². The van der Waals surface area contributed by atoms with E-state index in [0.29, 0.717) is 42.5 Å². The Balaban J connectivity index is 1.50. The number of carbonyl (C=O) groups excluding carboxylic acids is 2. The van der Waals surface area contributed by atoms with Crippen LogP contribution >= 0.6 is 0 Å². The van der Waals surface area contributed by atoms with Crippen molar-refractivity contribution in [1.29, 1.82) is 0 Å². The first-order valence-corrected chi connectivity index (χ1v) is 16.0. The highest BCUT2D eigenvalue weighted by molar-refractivity contribution is 6.46. The summed E-state index contributed by atoms with van der Waals surface area (Å²) in [5, 5.41) is 16.3. The fraction of sp³-hybridized carbons (Fsp3) is 0.529. The van der Waals surface area contributed by atoms with Gasteiger partial charge in [-0.15, -0.1) is 23.4 Å². The van der Waals surface area contributed by atoms with Crippen molar-refractivity contribution in [1.82, 2.24) is 30.8 Å². The molecule has 1 aliphatic carbocycles. The predicted octanol–water partition coefficient (Wildman–Crippen LogP) is 6.77. The molecule has 252 valence electrons. The van der Waals surface area contributed by atoms with Gasteiger partial charge in [0.2, 0.25) is 0 Å². The third-order valence-corrected chi connectivity index (χ3v) is 9.14. The molecule has 5 rings (SSSR count). The number of carbonyl (C=O) groups is 2. The first kappa shape index (κ1) is 34.1. The van der Waals surface area contributed by atoms with Gasteiger partial charge in [0.1, 0.15) is 17.1 Å². The van der Waals surface area contributed by atoms with E-state index in [1.165, 1.54) is 18.2 Å². The Labute approximate surface area is 272 Å². The molecule has 2 aliphatic rings. The van der Waals surface area contributed by atoms with Gasteiger partial charge in [-0.05, 0) is 85.6 Å². The molecule has 1 saturated carbocycles. The summed E-state index contributed by atoms with van der Waals surface area (Å²) in [5.41, 5.74) is 0.831. The summed E-state index contributed by atoms with van der Waals surface area (Å²) in [6, 6.07) is 12.3. The lowest BCUT2D eigenvalue weighted by Gasteiger charge is -2.46. The molecule has 1 atom stereocenters. The van der Waals surface area contributed by atoms with Crippen LogP contribution in [0.5, 0.6) is 5.75 Å². The van der Waals surface area contributed by atoms with Gasteiger partial charge in [-0.25, -0.2) is 0 Å². The van der Waals surface area contributed by atoms with Crippen molar-refractivity contribution in [2.24, 2.45) is 22.2 Å². The van der Waals surface area contributed by atoms with E-state index in [2.05, 4.69) is 65.3 Å². The van der Waals surface area contributed by atoms with E-state index in [1.807, 2.05) is 17.0 Å². The summed E-state index contributed by atoms with van der Waals surface area (Å²) >= 11 is 0. The van der Waals surface area contributed by atoms with Gasteiger partial charge in [-0.1, -0.05) is 64.1 Å². The molecule has 1 fully saturated rings. The Hall–Kier alpha value is -4.29. The lowest BCUT2D eigenvalue weighted by atomic mass is 9.75. The first-order chi connectivity index (χ1) is 22.1. The van der Waals surface area contributed by atoms with E-state index in [0.717, 1.165) is 24.8 Å². The van der Waals surface area contributed by atoms with Gasteiger partial charge in [0.25, 0.3) is 11.8 Å². The molecule has 0 saturated heterocycles. The fourth-order valence-corrected chi connectivity index (χ4v) is 6.58. The van der Waals surface area contributed by atoms with Crippen molar-refractivity contribution >= 4 is 17.5 Å². The van der Waals surface area contributed by atoms with Crippen LogP contribution in [-0.4, -0.2) is 55.1 Å². The smallest absolute Gasteiger partial charge is 0.406 e. The van der Waals surface area contributed by atoms with Gasteiger partial charge in [0, 0.05) is 11.1 Å². The van der Waals surface area contributed by atoms with Crippen molar-refractivity contribution in [3.05, 3.63) is 71.0 Å². The molecule has 1 unspecified atom stereocenters. The maximum absolute atomic E-state index is 14.6. The molecule has 3 aromatic rings. The van der Waals surface area contributed by atoms with Crippen LogP contribution in [0.25, 0.3) is 0 Å². The van der Waals surface area contributed by atoms with Gasteiger partial charge in [0.05, 0.1) is 12.6 Å². The molecule has 1 aromatic heterocycles. The van der Waals surface area contributed by atoms with Gasteiger partial charge in [-0.3, -0.25) is 14.6 Å². The van der Waals surface area contributed by atoms with Gasteiger partial charge in [-0.2, -0.15) is 5.21 Å². The zero-order valence-corrected chi connectivity index (χ0v) is 27.4. The largest absolute Gasteiger partial charge is 0.573 e. The van der Waals surface area contributed by atoms with Crippen LogP contribution in [0, 0.1) is 17.3 Å². The number of hydrogen-bond acceptors (Lipinski definition) is 7. The standard InChI is InChI=1S/C34H42F3N7O3/c1-21(2)22-13-17-33(18-14-22)39-29(25-7-6-8-26(19-25)47-34(35,36)37)31(46)44(33)27(15-16-32(3,4)5)23-9-11-24(12-10-23)30(45)38-20-28-40-42-43-41-28/h6-12,19,21-22,27H,13-18,20H2,1-5H3,(H,38,45)(H,40,41,42,43). The molecule has 0 radical (unpaired) electrons. The maximum atomic E-state index is 14.6. The van der Waals surface area contributed by atoms with Crippen molar-refractivity contribution < 1.29 is 27.5 Å². The summed E-state index contributed by atoms with van der Waals surface area (Å²) in [6.45, 7) is 10.9. The summed E-state index contributed by atoms with van der Waals surface area (Å²) < 4.78 is 43.4. The summed E-state index contributed by atoms with van der Waals surface area (Å²) in [6.07, 6.45) is -0.394.